The minimum atomic E-state index is -0.130. The molecular weight excluding hydrogens is 244 g/mol. The number of nitrogens with zero attached hydrogens (tertiary/aromatic N) is 1. The van der Waals surface area contributed by atoms with Crippen LogP contribution < -0.4 is 0 Å². The zero-order valence-corrected chi connectivity index (χ0v) is 8.80. The van der Waals surface area contributed by atoms with Crippen molar-refractivity contribution in [1.82, 2.24) is 9.97 Å². The number of halogens is 1. The minimum Gasteiger partial charge on any atom is -0.384 e. The molecule has 3 nitrogen and oxygen atoms in total. The smallest absolute Gasteiger partial charge is 0.104 e. The molecule has 0 saturated carbocycles. The molecule has 2 N–H and O–H groups in total. The molecule has 14 heavy (non-hydrogen) atoms. The molecule has 2 aromatic heterocycles. The van der Waals surface area contributed by atoms with E-state index in [2.05, 4.69) is 37.7 Å². The number of hydrogen-bond acceptors (Lipinski definition) is 2. The lowest BCUT2D eigenvalue weighted by molar-refractivity contribution is 0.350. The Morgan fingerprint density at radius 2 is 2.36 bits per heavy atom. The van der Waals surface area contributed by atoms with Gasteiger partial charge in [0.1, 0.15) is 6.61 Å². The van der Waals surface area contributed by atoms with E-state index in [-0.39, 0.29) is 6.61 Å². The van der Waals surface area contributed by atoms with Crippen LogP contribution in [0.5, 0.6) is 0 Å². The quantitative estimate of drug-likeness (QED) is 0.699. The first-order valence-electron chi connectivity index (χ1n) is 4.03. The van der Waals surface area contributed by atoms with Crippen LogP contribution in [0.3, 0.4) is 0 Å². The van der Waals surface area contributed by atoms with Gasteiger partial charge in [-0.15, -0.1) is 0 Å². The van der Waals surface area contributed by atoms with Crippen molar-refractivity contribution in [2.45, 2.75) is 0 Å². The van der Waals surface area contributed by atoms with Crippen LogP contribution >= 0.6 is 15.9 Å². The molecule has 0 saturated heterocycles. The number of aromatic amines is 1. The van der Waals surface area contributed by atoms with Crippen molar-refractivity contribution in [1.29, 1.82) is 0 Å². The standard InChI is InChI=1S/C10H7BrN2O/c11-8-5-12-6-9-10(8)7(4-13-9)2-1-3-14/h4-6,13-14H,3H2. The molecule has 0 atom stereocenters. The number of H-pyrrole nitrogens is 1. The van der Waals surface area contributed by atoms with E-state index < -0.39 is 0 Å². The van der Waals surface area contributed by atoms with Gasteiger partial charge in [0.25, 0.3) is 0 Å². The Morgan fingerprint density at radius 1 is 1.50 bits per heavy atom. The summed E-state index contributed by atoms with van der Waals surface area (Å²) in [4.78, 5) is 7.09. The van der Waals surface area contributed by atoms with Gasteiger partial charge in [0, 0.05) is 22.3 Å². The van der Waals surface area contributed by atoms with Gasteiger partial charge in [-0.05, 0) is 15.9 Å². The Morgan fingerprint density at radius 3 is 3.14 bits per heavy atom. The van der Waals surface area contributed by atoms with Gasteiger partial charge in [0.05, 0.1) is 17.3 Å². The molecule has 0 bridgehead atoms. The van der Waals surface area contributed by atoms with Crippen LogP contribution in [0.15, 0.2) is 23.1 Å². The molecular formula is C10H7BrN2O. The molecule has 2 heterocycles. The predicted octanol–water partition coefficient (Wildman–Crippen LogP) is 1.67. The normalized spacial score (nSPS) is 9.86. The summed E-state index contributed by atoms with van der Waals surface area (Å²) in [5.74, 6) is 5.48. The van der Waals surface area contributed by atoms with Crippen LogP contribution in [0.1, 0.15) is 5.56 Å². The number of aliphatic hydroxyl groups excluding tert-OH is 1. The van der Waals surface area contributed by atoms with Crippen molar-refractivity contribution >= 4 is 26.8 Å². The van der Waals surface area contributed by atoms with Gasteiger partial charge in [-0.3, -0.25) is 4.98 Å². The number of nitrogens with one attached hydrogen (secondary N) is 1. The molecule has 0 aliphatic rings. The van der Waals surface area contributed by atoms with Crippen molar-refractivity contribution < 1.29 is 5.11 Å². The highest BCUT2D eigenvalue weighted by molar-refractivity contribution is 9.10. The molecule has 0 fully saturated rings. The van der Waals surface area contributed by atoms with Crippen LogP contribution in [-0.2, 0) is 0 Å². The second-order valence-electron chi connectivity index (χ2n) is 2.71. The molecule has 0 unspecified atom stereocenters. The fourth-order valence-corrected chi connectivity index (χ4v) is 1.82. The summed E-state index contributed by atoms with van der Waals surface area (Å²) >= 11 is 3.41. The Bertz CT molecular complexity index is 522. The predicted molar refractivity (Wildman–Crippen MR) is 57.8 cm³/mol. The van der Waals surface area contributed by atoms with E-state index in [1.54, 1.807) is 18.6 Å². The minimum absolute atomic E-state index is 0.130. The SMILES string of the molecule is OCC#Cc1c[nH]c2cncc(Br)c12. The monoisotopic (exact) mass is 250 g/mol. The van der Waals surface area contributed by atoms with Crippen molar-refractivity contribution in [2.75, 3.05) is 6.61 Å². The van der Waals surface area contributed by atoms with Gasteiger partial charge in [-0.2, -0.15) is 0 Å². The fraction of sp³-hybridized carbons (Fsp3) is 0.100. The lowest BCUT2D eigenvalue weighted by atomic mass is 10.2. The van der Waals surface area contributed by atoms with Gasteiger partial charge in [0.15, 0.2) is 0 Å². The summed E-state index contributed by atoms with van der Waals surface area (Å²) in [6.07, 6.45) is 5.27. The fourth-order valence-electron chi connectivity index (χ4n) is 1.27. The third kappa shape index (κ3) is 1.52. The van der Waals surface area contributed by atoms with E-state index in [9.17, 15) is 0 Å². The van der Waals surface area contributed by atoms with Crippen LogP contribution in [0.25, 0.3) is 10.9 Å². The summed E-state index contributed by atoms with van der Waals surface area (Å²) in [6, 6.07) is 0. The molecule has 0 aliphatic carbocycles. The zero-order chi connectivity index (χ0) is 9.97. The number of pyridine rings is 1. The van der Waals surface area contributed by atoms with Gasteiger partial charge in [-0.1, -0.05) is 11.8 Å². The molecule has 0 amide bonds. The molecule has 0 aliphatic heterocycles. The maximum Gasteiger partial charge on any atom is 0.104 e. The molecule has 0 spiro atoms. The molecule has 0 radical (unpaired) electrons. The van der Waals surface area contributed by atoms with E-state index in [1.807, 2.05) is 0 Å². The number of aliphatic hydroxyl groups is 1. The summed E-state index contributed by atoms with van der Waals surface area (Å²) < 4.78 is 0.901. The van der Waals surface area contributed by atoms with Gasteiger partial charge in [-0.25, -0.2) is 0 Å². The third-order valence-corrected chi connectivity index (χ3v) is 2.44. The van der Waals surface area contributed by atoms with Gasteiger partial charge in [0.2, 0.25) is 0 Å². The van der Waals surface area contributed by atoms with Gasteiger partial charge >= 0.3 is 0 Å². The summed E-state index contributed by atoms with van der Waals surface area (Å²) in [6.45, 7) is -0.130. The number of aromatic nitrogens is 2. The topological polar surface area (TPSA) is 48.9 Å². The highest BCUT2D eigenvalue weighted by atomic mass is 79.9. The van der Waals surface area contributed by atoms with E-state index in [4.69, 9.17) is 5.11 Å². The van der Waals surface area contributed by atoms with E-state index in [0.717, 1.165) is 20.9 Å². The first kappa shape index (κ1) is 9.25. The molecule has 4 heteroatoms. The molecule has 2 aromatic rings. The number of hydrogen-bond donors (Lipinski definition) is 2. The van der Waals surface area contributed by atoms with E-state index in [0.29, 0.717) is 0 Å². The Hall–Kier alpha value is -1.31. The second-order valence-corrected chi connectivity index (χ2v) is 3.56. The summed E-state index contributed by atoms with van der Waals surface area (Å²) in [7, 11) is 0. The number of fused-ring (bicyclic) bond motifs is 1. The van der Waals surface area contributed by atoms with Crippen LogP contribution in [0, 0.1) is 11.8 Å². The highest BCUT2D eigenvalue weighted by Gasteiger charge is 2.04. The maximum atomic E-state index is 8.60. The average Bonchev–Trinajstić information content (AvgIpc) is 2.59. The van der Waals surface area contributed by atoms with Crippen LogP contribution in [0.2, 0.25) is 0 Å². The third-order valence-electron chi connectivity index (χ3n) is 1.84. The zero-order valence-electron chi connectivity index (χ0n) is 7.21. The van der Waals surface area contributed by atoms with Crippen molar-refractivity contribution in [2.24, 2.45) is 0 Å². The lowest BCUT2D eigenvalue weighted by Gasteiger charge is -1.92. The Labute approximate surface area is 89.3 Å². The summed E-state index contributed by atoms with van der Waals surface area (Å²) in [5.41, 5.74) is 1.80. The molecule has 70 valence electrons. The Kier molecular flexibility index (Phi) is 2.53. The lowest BCUT2D eigenvalue weighted by Crippen LogP contribution is -1.77. The van der Waals surface area contributed by atoms with Crippen LogP contribution in [0.4, 0.5) is 0 Å². The van der Waals surface area contributed by atoms with Gasteiger partial charge < -0.3 is 10.1 Å². The maximum absolute atomic E-state index is 8.60. The Balaban J connectivity index is 2.67. The van der Waals surface area contributed by atoms with Crippen molar-refractivity contribution in [3.63, 3.8) is 0 Å². The first-order valence-corrected chi connectivity index (χ1v) is 4.82. The molecule has 0 aromatic carbocycles. The largest absolute Gasteiger partial charge is 0.384 e. The highest BCUT2D eigenvalue weighted by Crippen LogP contribution is 2.24. The first-order chi connectivity index (χ1) is 6.83. The van der Waals surface area contributed by atoms with Crippen molar-refractivity contribution in [3.8, 4) is 11.8 Å². The van der Waals surface area contributed by atoms with E-state index in [1.165, 1.54) is 0 Å². The van der Waals surface area contributed by atoms with Crippen molar-refractivity contribution in [3.05, 3.63) is 28.6 Å². The van der Waals surface area contributed by atoms with Crippen LogP contribution in [-0.4, -0.2) is 21.7 Å². The number of rotatable bonds is 0. The second kappa shape index (κ2) is 3.82. The molecule has 2 rings (SSSR count). The average molecular weight is 251 g/mol. The summed E-state index contributed by atoms with van der Waals surface area (Å²) in [5, 5.41) is 9.60. The van der Waals surface area contributed by atoms with E-state index >= 15 is 0 Å².